The molecule has 0 bridgehead atoms. The predicted molar refractivity (Wildman–Crippen MR) is 144 cm³/mol. The number of esters is 1. The molecule has 0 spiro atoms. The van der Waals surface area contributed by atoms with Gasteiger partial charge < -0.3 is 20.5 Å². The number of ether oxygens (including phenoxy) is 2. The van der Waals surface area contributed by atoms with Crippen molar-refractivity contribution in [2.75, 3.05) is 17.7 Å². The minimum Gasteiger partial charge on any atom is -0.484 e. The standard InChI is InChI=1S/C23H23Cl2N5O5S2/c1-4-8-30-16(10-35-15-9-13(24)6-7-14(15)25)28-29-23(30)36-11-17(31)27-21-18(22(33)34-5-2)12(3)19(37-21)20(26)32/h4,6-7,9H,1,5,8,10-11H2,2-3H3,(H2,26,32)(H,27,31). The maximum Gasteiger partial charge on any atom is 0.341 e. The summed E-state index contributed by atoms with van der Waals surface area (Å²) >= 11 is 14.2. The van der Waals surface area contributed by atoms with Crippen LogP contribution in [0.25, 0.3) is 0 Å². The Hall–Kier alpha value is -3.06. The van der Waals surface area contributed by atoms with Crippen molar-refractivity contribution in [1.29, 1.82) is 0 Å². The lowest BCUT2D eigenvalue weighted by molar-refractivity contribution is -0.113. The molecule has 0 radical (unpaired) electrons. The van der Waals surface area contributed by atoms with Crippen LogP contribution in [0.2, 0.25) is 10.0 Å². The molecule has 0 atom stereocenters. The second-order valence-corrected chi connectivity index (χ2v) is 10.2. The molecular formula is C23H23Cl2N5O5S2. The molecule has 2 heterocycles. The fraction of sp³-hybridized carbons (Fsp3) is 0.261. The van der Waals surface area contributed by atoms with E-state index in [1.165, 1.54) is 0 Å². The van der Waals surface area contributed by atoms with Crippen molar-refractivity contribution in [3.05, 3.63) is 62.7 Å². The molecule has 196 valence electrons. The van der Waals surface area contributed by atoms with E-state index >= 15 is 0 Å². The highest BCUT2D eigenvalue weighted by Crippen LogP contribution is 2.34. The van der Waals surface area contributed by atoms with Gasteiger partial charge in [-0.05, 0) is 31.5 Å². The normalized spacial score (nSPS) is 10.7. The lowest BCUT2D eigenvalue weighted by Gasteiger charge is -2.10. The Bertz CT molecular complexity index is 1340. The minimum atomic E-state index is -0.700. The van der Waals surface area contributed by atoms with Crippen LogP contribution in [0.5, 0.6) is 5.75 Å². The van der Waals surface area contributed by atoms with Gasteiger partial charge in [0, 0.05) is 17.6 Å². The van der Waals surface area contributed by atoms with E-state index in [4.69, 9.17) is 38.4 Å². The van der Waals surface area contributed by atoms with E-state index in [0.717, 1.165) is 23.1 Å². The van der Waals surface area contributed by atoms with Gasteiger partial charge in [0.1, 0.15) is 17.4 Å². The van der Waals surface area contributed by atoms with E-state index in [1.54, 1.807) is 42.7 Å². The number of allylic oxidation sites excluding steroid dienone is 1. The number of hydrogen-bond donors (Lipinski definition) is 2. The number of nitrogens with two attached hydrogens (primary N) is 1. The second kappa shape index (κ2) is 13.0. The van der Waals surface area contributed by atoms with Crippen molar-refractivity contribution in [2.24, 2.45) is 5.73 Å². The van der Waals surface area contributed by atoms with Crippen molar-refractivity contribution < 1.29 is 23.9 Å². The van der Waals surface area contributed by atoms with Crippen LogP contribution < -0.4 is 15.8 Å². The van der Waals surface area contributed by atoms with Crippen LogP contribution in [-0.2, 0) is 22.7 Å². The summed E-state index contributed by atoms with van der Waals surface area (Å²) in [4.78, 5) is 37.1. The van der Waals surface area contributed by atoms with Gasteiger partial charge in [-0.2, -0.15) is 0 Å². The minimum absolute atomic E-state index is 0.0542. The number of primary amides is 1. The van der Waals surface area contributed by atoms with Crippen molar-refractivity contribution >= 4 is 69.1 Å². The molecule has 37 heavy (non-hydrogen) atoms. The summed E-state index contributed by atoms with van der Waals surface area (Å²) in [5.41, 5.74) is 5.87. The smallest absolute Gasteiger partial charge is 0.341 e. The van der Waals surface area contributed by atoms with Crippen LogP contribution in [0.15, 0.2) is 36.0 Å². The van der Waals surface area contributed by atoms with Gasteiger partial charge >= 0.3 is 5.97 Å². The molecule has 0 aliphatic heterocycles. The van der Waals surface area contributed by atoms with Crippen LogP contribution in [0.3, 0.4) is 0 Å². The Morgan fingerprint density at radius 2 is 2.05 bits per heavy atom. The van der Waals surface area contributed by atoms with Crippen molar-refractivity contribution in [2.45, 2.75) is 32.2 Å². The molecule has 3 N–H and O–H groups in total. The Kier molecular flexibility index (Phi) is 9.98. The van der Waals surface area contributed by atoms with Gasteiger partial charge in [-0.3, -0.25) is 14.2 Å². The number of anilines is 1. The van der Waals surface area contributed by atoms with Gasteiger partial charge in [-0.1, -0.05) is 41.0 Å². The zero-order valence-corrected chi connectivity index (χ0v) is 23.0. The second-order valence-electron chi connectivity index (χ2n) is 7.34. The van der Waals surface area contributed by atoms with Crippen LogP contribution in [0.1, 0.15) is 38.3 Å². The van der Waals surface area contributed by atoms with Gasteiger partial charge in [0.25, 0.3) is 5.91 Å². The topological polar surface area (TPSA) is 138 Å². The fourth-order valence-corrected chi connectivity index (χ4v) is 5.32. The molecule has 3 aromatic rings. The highest BCUT2D eigenvalue weighted by Gasteiger charge is 2.26. The van der Waals surface area contributed by atoms with Crippen LogP contribution in [0.4, 0.5) is 5.00 Å². The van der Waals surface area contributed by atoms with Crippen LogP contribution >= 0.6 is 46.3 Å². The average Bonchev–Trinajstić information content (AvgIpc) is 3.38. The van der Waals surface area contributed by atoms with Crippen LogP contribution in [0, 0.1) is 6.92 Å². The summed E-state index contributed by atoms with van der Waals surface area (Å²) in [7, 11) is 0. The van der Waals surface area contributed by atoms with E-state index < -0.39 is 17.8 Å². The first-order chi connectivity index (χ1) is 17.7. The summed E-state index contributed by atoms with van der Waals surface area (Å²) in [6, 6.07) is 4.87. The Labute approximate surface area is 231 Å². The molecule has 3 rings (SSSR count). The van der Waals surface area contributed by atoms with Gasteiger partial charge in [0.15, 0.2) is 11.0 Å². The van der Waals surface area contributed by atoms with Gasteiger partial charge in [-0.15, -0.1) is 28.1 Å². The molecule has 0 aliphatic carbocycles. The van der Waals surface area contributed by atoms with Crippen molar-refractivity contribution in [3.63, 3.8) is 0 Å². The summed E-state index contributed by atoms with van der Waals surface area (Å²) in [5, 5.41) is 12.5. The number of thiophene rings is 1. The van der Waals surface area contributed by atoms with Gasteiger partial charge in [0.2, 0.25) is 5.91 Å². The van der Waals surface area contributed by atoms with Crippen LogP contribution in [-0.4, -0.2) is 44.9 Å². The molecule has 0 saturated carbocycles. The van der Waals surface area contributed by atoms with E-state index in [0.29, 0.717) is 38.9 Å². The number of halogens is 2. The number of amides is 2. The number of benzene rings is 1. The van der Waals surface area contributed by atoms with Gasteiger partial charge in [0.05, 0.1) is 27.8 Å². The Morgan fingerprint density at radius 1 is 1.30 bits per heavy atom. The summed E-state index contributed by atoms with van der Waals surface area (Å²) < 4.78 is 12.6. The molecule has 0 fully saturated rings. The largest absolute Gasteiger partial charge is 0.484 e. The van der Waals surface area contributed by atoms with Crippen molar-refractivity contribution in [3.8, 4) is 5.75 Å². The number of aromatic nitrogens is 3. The number of nitrogens with one attached hydrogen (secondary N) is 1. The van der Waals surface area contributed by atoms with E-state index in [2.05, 4.69) is 22.1 Å². The number of carbonyl (C=O) groups is 3. The first kappa shape index (κ1) is 28.5. The number of rotatable bonds is 12. The first-order valence-electron chi connectivity index (χ1n) is 10.8. The zero-order chi connectivity index (χ0) is 27.1. The lowest BCUT2D eigenvalue weighted by Crippen LogP contribution is -2.17. The molecule has 2 aromatic heterocycles. The molecule has 2 amide bonds. The third-order valence-electron chi connectivity index (χ3n) is 4.79. The number of nitrogens with zero attached hydrogens (tertiary/aromatic N) is 3. The summed E-state index contributed by atoms with van der Waals surface area (Å²) in [5.74, 6) is -0.944. The van der Waals surface area contributed by atoms with Gasteiger partial charge in [-0.25, -0.2) is 4.79 Å². The fourth-order valence-electron chi connectivity index (χ4n) is 3.15. The Morgan fingerprint density at radius 3 is 2.73 bits per heavy atom. The quantitative estimate of drug-likeness (QED) is 0.177. The number of carbonyl (C=O) groups excluding carboxylic acids is 3. The predicted octanol–water partition coefficient (Wildman–Crippen LogP) is 4.73. The number of hydrogen-bond acceptors (Lipinski definition) is 9. The Balaban J connectivity index is 1.72. The molecule has 0 aliphatic rings. The zero-order valence-electron chi connectivity index (χ0n) is 19.9. The highest BCUT2D eigenvalue weighted by atomic mass is 35.5. The monoisotopic (exact) mass is 583 g/mol. The summed E-state index contributed by atoms with van der Waals surface area (Å²) in [6.45, 7) is 7.55. The number of thioether (sulfide) groups is 1. The lowest BCUT2D eigenvalue weighted by atomic mass is 10.1. The molecule has 10 nitrogen and oxygen atoms in total. The van der Waals surface area contributed by atoms with Crippen molar-refractivity contribution in [1.82, 2.24) is 14.8 Å². The molecule has 1 aromatic carbocycles. The van der Waals surface area contributed by atoms with E-state index in [9.17, 15) is 14.4 Å². The maximum absolute atomic E-state index is 12.7. The molecule has 14 heteroatoms. The first-order valence-corrected chi connectivity index (χ1v) is 13.4. The third kappa shape index (κ3) is 7.04. The summed E-state index contributed by atoms with van der Waals surface area (Å²) in [6.07, 6.45) is 1.66. The SMILES string of the molecule is C=CCn1c(COc2cc(Cl)ccc2Cl)nnc1SCC(=O)Nc1sc(C(N)=O)c(C)c1C(=O)OCC. The maximum atomic E-state index is 12.7. The van der Waals surface area contributed by atoms with E-state index in [-0.39, 0.29) is 34.4 Å². The average molecular weight is 585 g/mol. The van der Waals surface area contributed by atoms with E-state index in [1.807, 2.05) is 0 Å². The molecule has 0 unspecified atom stereocenters. The highest BCUT2D eigenvalue weighted by molar-refractivity contribution is 7.99. The third-order valence-corrected chi connectivity index (χ3v) is 7.53. The molecular weight excluding hydrogens is 561 g/mol. The molecule has 0 saturated heterocycles.